The van der Waals surface area contributed by atoms with Crippen molar-refractivity contribution in [3.63, 3.8) is 0 Å². The molecular formula is C14H20ClNO2. The summed E-state index contributed by atoms with van der Waals surface area (Å²) in [6.07, 6.45) is 2.34. The molecule has 4 heteroatoms. The van der Waals surface area contributed by atoms with E-state index in [9.17, 15) is 0 Å². The van der Waals surface area contributed by atoms with Crippen molar-refractivity contribution >= 4 is 11.6 Å². The standard InChI is InChI=1S/C14H20ClNO2/c1-9-12(17-2)7-11(14(18-3)13(9)15)10-5-4-6-16-8-10/h7,10,16H,4-6,8H2,1-3H3. The smallest absolute Gasteiger partial charge is 0.141 e. The maximum atomic E-state index is 6.38. The third kappa shape index (κ3) is 2.43. The van der Waals surface area contributed by atoms with Gasteiger partial charge >= 0.3 is 0 Å². The fraction of sp³-hybridized carbons (Fsp3) is 0.571. The minimum absolute atomic E-state index is 0.445. The number of piperidine rings is 1. The molecule has 1 unspecified atom stereocenters. The molecule has 18 heavy (non-hydrogen) atoms. The predicted molar refractivity (Wildman–Crippen MR) is 74.1 cm³/mol. The van der Waals surface area contributed by atoms with Crippen LogP contribution in [0.15, 0.2) is 6.07 Å². The molecule has 3 nitrogen and oxygen atoms in total. The summed E-state index contributed by atoms with van der Waals surface area (Å²) in [6, 6.07) is 2.07. The number of methoxy groups -OCH3 is 2. The third-order valence-corrected chi connectivity index (χ3v) is 4.06. The maximum absolute atomic E-state index is 6.38. The maximum Gasteiger partial charge on any atom is 0.141 e. The fourth-order valence-corrected chi connectivity index (χ4v) is 2.84. The van der Waals surface area contributed by atoms with Gasteiger partial charge in [0.2, 0.25) is 0 Å². The van der Waals surface area contributed by atoms with Gasteiger partial charge in [0.1, 0.15) is 11.5 Å². The summed E-state index contributed by atoms with van der Waals surface area (Å²) >= 11 is 6.38. The largest absolute Gasteiger partial charge is 0.496 e. The van der Waals surface area contributed by atoms with Gasteiger partial charge < -0.3 is 14.8 Å². The Labute approximate surface area is 113 Å². The van der Waals surface area contributed by atoms with Crippen molar-refractivity contribution in [2.45, 2.75) is 25.7 Å². The second-order valence-electron chi connectivity index (χ2n) is 4.68. The Hall–Kier alpha value is -0.930. The molecule has 1 aromatic rings. The average Bonchev–Trinajstić information content (AvgIpc) is 2.42. The average molecular weight is 270 g/mol. The first-order valence-corrected chi connectivity index (χ1v) is 6.68. The van der Waals surface area contributed by atoms with Crippen molar-refractivity contribution in [3.05, 3.63) is 22.2 Å². The summed E-state index contributed by atoms with van der Waals surface area (Å²) in [5.41, 5.74) is 2.08. The highest BCUT2D eigenvalue weighted by atomic mass is 35.5. The van der Waals surface area contributed by atoms with Crippen molar-refractivity contribution in [1.29, 1.82) is 0 Å². The van der Waals surface area contributed by atoms with E-state index < -0.39 is 0 Å². The molecule has 0 bridgehead atoms. The van der Waals surface area contributed by atoms with Gasteiger partial charge in [-0.1, -0.05) is 11.6 Å². The SMILES string of the molecule is COc1cc(C2CCCNC2)c(OC)c(Cl)c1C. The quantitative estimate of drug-likeness (QED) is 0.915. The predicted octanol–water partition coefficient (Wildman–Crippen LogP) is 3.13. The normalized spacial score (nSPS) is 19.7. The molecule has 1 aromatic carbocycles. The molecular weight excluding hydrogens is 250 g/mol. The van der Waals surface area contributed by atoms with Crippen LogP contribution in [0.1, 0.15) is 29.9 Å². The fourth-order valence-electron chi connectivity index (χ4n) is 2.56. The molecule has 0 aliphatic carbocycles. The number of halogens is 1. The summed E-state index contributed by atoms with van der Waals surface area (Å²) in [7, 11) is 3.35. The van der Waals surface area contributed by atoms with Crippen LogP contribution in [0, 0.1) is 6.92 Å². The van der Waals surface area contributed by atoms with Crippen LogP contribution in [0.25, 0.3) is 0 Å². The van der Waals surface area contributed by atoms with Gasteiger partial charge in [-0.3, -0.25) is 0 Å². The summed E-state index contributed by atoms with van der Waals surface area (Å²) in [4.78, 5) is 0. The topological polar surface area (TPSA) is 30.5 Å². The minimum atomic E-state index is 0.445. The first-order chi connectivity index (χ1) is 8.69. The Bertz CT molecular complexity index is 428. The summed E-state index contributed by atoms with van der Waals surface area (Å²) in [5.74, 6) is 2.07. The number of rotatable bonds is 3. The number of benzene rings is 1. The lowest BCUT2D eigenvalue weighted by Crippen LogP contribution is -2.28. The first kappa shape index (κ1) is 13.5. The highest BCUT2D eigenvalue weighted by molar-refractivity contribution is 6.33. The molecule has 1 aliphatic heterocycles. The van der Waals surface area contributed by atoms with E-state index in [4.69, 9.17) is 21.1 Å². The Morgan fingerprint density at radius 3 is 2.67 bits per heavy atom. The molecule has 2 rings (SSSR count). The third-order valence-electron chi connectivity index (χ3n) is 3.61. The molecule has 1 N–H and O–H groups in total. The first-order valence-electron chi connectivity index (χ1n) is 6.30. The van der Waals surface area contributed by atoms with E-state index >= 15 is 0 Å². The lowest BCUT2D eigenvalue weighted by Gasteiger charge is -2.26. The molecule has 0 spiro atoms. The minimum Gasteiger partial charge on any atom is -0.496 e. The Morgan fingerprint density at radius 1 is 1.33 bits per heavy atom. The van der Waals surface area contributed by atoms with E-state index in [-0.39, 0.29) is 0 Å². The van der Waals surface area contributed by atoms with Gasteiger partial charge in [-0.25, -0.2) is 0 Å². The summed E-state index contributed by atoms with van der Waals surface area (Å²) in [6.45, 7) is 4.01. The number of ether oxygens (including phenoxy) is 2. The van der Waals surface area contributed by atoms with Crippen molar-refractivity contribution in [2.75, 3.05) is 27.3 Å². The van der Waals surface area contributed by atoms with Crippen LogP contribution in [-0.4, -0.2) is 27.3 Å². The summed E-state index contributed by atoms with van der Waals surface area (Å²) in [5, 5.41) is 4.08. The van der Waals surface area contributed by atoms with E-state index in [2.05, 4.69) is 11.4 Å². The van der Waals surface area contributed by atoms with Gasteiger partial charge in [0.25, 0.3) is 0 Å². The van der Waals surface area contributed by atoms with Crippen LogP contribution in [0.2, 0.25) is 5.02 Å². The molecule has 0 saturated carbocycles. The monoisotopic (exact) mass is 269 g/mol. The molecule has 1 saturated heterocycles. The van der Waals surface area contributed by atoms with E-state index in [1.165, 1.54) is 6.42 Å². The zero-order valence-corrected chi connectivity index (χ0v) is 11.9. The Kier molecular flexibility index (Phi) is 4.36. The Balaban J connectivity index is 2.46. The van der Waals surface area contributed by atoms with Gasteiger partial charge in [0.05, 0.1) is 19.2 Å². The van der Waals surface area contributed by atoms with Gasteiger partial charge in [-0.2, -0.15) is 0 Å². The van der Waals surface area contributed by atoms with Crippen molar-refractivity contribution in [3.8, 4) is 11.5 Å². The second kappa shape index (κ2) is 5.81. The number of nitrogens with one attached hydrogen (secondary N) is 1. The van der Waals surface area contributed by atoms with E-state index in [0.717, 1.165) is 42.1 Å². The van der Waals surface area contributed by atoms with Crippen LogP contribution in [0.3, 0.4) is 0 Å². The zero-order valence-electron chi connectivity index (χ0n) is 11.2. The van der Waals surface area contributed by atoms with E-state index in [1.54, 1.807) is 14.2 Å². The molecule has 1 fully saturated rings. The second-order valence-corrected chi connectivity index (χ2v) is 5.06. The lowest BCUT2D eigenvalue weighted by molar-refractivity contribution is 0.382. The van der Waals surface area contributed by atoms with Gasteiger partial charge in [-0.05, 0) is 32.4 Å². The number of hydrogen-bond donors (Lipinski definition) is 1. The van der Waals surface area contributed by atoms with E-state index in [1.807, 2.05) is 6.92 Å². The number of hydrogen-bond acceptors (Lipinski definition) is 3. The van der Waals surface area contributed by atoms with Crippen molar-refractivity contribution in [1.82, 2.24) is 5.32 Å². The Morgan fingerprint density at radius 2 is 2.11 bits per heavy atom. The van der Waals surface area contributed by atoms with Crippen LogP contribution in [-0.2, 0) is 0 Å². The molecule has 100 valence electrons. The molecule has 1 atom stereocenters. The molecule has 0 aromatic heterocycles. The van der Waals surface area contributed by atoms with Gasteiger partial charge in [0, 0.05) is 23.6 Å². The molecule has 0 radical (unpaired) electrons. The van der Waals surface area contributed by atoms with Crippen molar-refractivity contribution in [2.24, 2.45) is 0 Å². The van der Waals surface area contributed by atoms with Gasteiger partial charge in [0.15, 0.2) is 0 Å². The van der Waals surface area contributed by atoms with Crippen LogP contribution in [0.5, 0.6) is 11.5 Å². The van der Waals surface area contributed by atoms with Crippen LogP contribution in [0.4, 0.5) is 0 Å². The zero-order chi connectivity index (χ0) is 13.1. The molecule has 1 aliphatic rings. The summed E-state index contributed by atoms with van der Waals surface area (Å²) < 4.78 is 10.9. The molecule has 1 heterocycles. The molecule has 0 amide bonds. The van der Waals surface area contributed by atoms with Crippen LogP contribution >= 0.6 is 11.6 Å². The lowest BCUT2D eigenvalue weighted by atomic mass is 9.90. The highest BCUT2D eigenvalue weighted by Gasteiger charge is 2.23. The van der Waals surface area contributed by atoms with Crippen LogP contribution < -0.4 is 14.8 Å². The van der Waals surface area contributed by atoms with Crippen molar-refractivity contribution < 1.29 is 9.47 Å². The van der Waals surface area contributed by atoms with Gasteiger partial charge in [-0.15, -0.1) is 0 Å². The van der Waals surface area contributed by atoms with E-state index in [0.29, 0.717) is 10.9 Å². The highest BCUT2D eigenvalue weighted by Crippen LogP contribution is 2.42.